The number of hydrogen-bond acceptors (Lipinski definition) is 5. The van der Waals surface area contributed by atoms with Crippen molar-refractivity contribution in [3.05, 3.63) is 23.3 Å². The molecule has 0 aliphatic heterocycles. The van der Waals surface area contributed by atoms with Crippen molar-refractivity contribution in [2.45, 2.75) is 25.2 Å². The Morgan fingerprint density at radius 1 is 1.25 bits per heavy atom. The van der Waals surface area contributed by atoms with E-state index in [4.69, 9.17) is 5.84 Å². The summed E-state index contributed by atoms with van der Waals surface area (Å²) in [6, 6.07) is 3.37. The number of rotatable bonds is 7. The number of nitrogens with two attached hydrogens (primary N) is 1. The topological polar surface area (TPSA) is 101 Å². The molecule has 6 nitrogen and oxygen atoms in total. The van der Waals surface area contributed by atoms with Gasteiger partial charge in [0.1, 0.15) is 0 Å². The predicted molar refractivity (Wildman–Crippen MR) is 82.5 cm³/mol. The van der Waals surface area contributed by atoms with Gasteiger partial charge in [-0.3, -0.25) is 10.1 Å². The fraction of sp³-hybridized carbons (Fsp3) is 0.500. The average molecular weight is 319 g/mol. The van der Waals surface area contributed by atoms with E-state index in [-0.39, 0.29) is 11.4 Å². The molecule has 0 saturated carbocycles. The lowest BCUT2D eigenvalue weighted by atomic mass is 10.1. The highest BCUT2D eigenvalue weighted by Crippen LogP contribution is 2.23. The molecular weight excluding hydrogens is 298 g/mol. The summed E-state index contributed by atoms with van der Waals surface area (Å²) < 4.78 is 38.0. The molecule has 0 spiro atoms. The van der Waals surface area contributed by atoms with E-state index in [9.17, 15) is 12.6 Å². The Bertz CT molecular complexity index is 577. The van der Waals surface area contributed by atoms with Crippen LogP contribution < -0.4 is 16.0 Å². The molecule has 1 rings (SSSR count). The Balaban J connectivity index is 2.90. The maximum absolute atomic E-state index is 12.3. The molecule has 1 unspecified atom stereocenters. The monoisotopic (exact) mass is 319 g/mol. The zero-order valence-corrected chi connectivity index (χ0v) is 13.5. The third-order valence-electron chi connectivity index (χ3n) is 2.80. The molecule has 0 fully saturated rings. The van der Waals surface area contributed by atoms with Crippen LogP contribution in [-0.4, -0.2) is 31.2 Å². The molecule has 0 radical (unpaired) electrons. The Morgan fingerprint density at radius 2 is 1.80 bits per heavy atom. The van der Waals surface area contributed by atoms with Crippen molar-refractivity contribution in [3.8, 4) is 0 Å². The molecule has 1 atom stereocenters. The summed E-state index contributed by atoms with van der Waals surface area (Å²) >= 11 is 0. The maximum atomic E-state index is 12.3. The van der Waals surface area contributed by atoms with Gasteiger partial charge >= 0.3 is 0 Å². The SMILES string of the molecule is Cc1cc(NN)cc(C)c1S(=O)(=O)NCCCS(C)=O. The summed E-state index contributed by atoms with van der Waals surface area (Å²) in [5.41, 5.74) is 4.43. The molecule has 0 aromatic heterocycles. The molecule has 0 bridgehead atoms. The molecule has 1 aromatic carbocycles. The van der Waals surface area contributed by atoms with Crippen molar-refractivity contribution in [1.29, 1.82) is 0 Å². The predicted octanol–water partition coefficient (Wildman–Crippen LogP) is 0.636. The highest BCUT2D eigenvalue weighted by molar-refractivity contribution is 7.89. The van der Waals surface area contributed by atoms with Crippen LogP contribution in [0, 0.1) is 13.8 Å². The van der Waals surface area contributed by atoms with Crippen LogP contribution in [0.2, 0.25) is 0 Å². The molecular formula is C12H21N3O3S2. The summed E-state index contributed by atoms with van der Waals surface area (Å²) in [6.45, 7) is 3.73. The first-order valence-corrected chi connectivity index (χ1v) is 9.36. The molecule has 20 heavy (non-hydrogen) atoms. The molecule has 114 valence electrons. The van der Waals surface area contributed by atoms with Crippen molar-refractivity contribution in [2.24, 2.45) is 5.84 Å². The van der Waals surface area contributed by atoms with Gasteiger partial charge in [-0.25, -0.2) is 13.1 Å². The number of hydrazine groups is 1. The van der Waals surface area contributed by atoms with Crippen molar-refractivity contribution in [3.63, 3.8) is 0 Å². The second-order valence-corrected chi connectivity index (χ2v) is 7.87. The average Bonchev–Trinajstić information content (AvgIpc) is 2.33. The molecule has 1 aromatic rings. The first kappa shape index (κ1) is 17.1. The first-order valence-electron chi connectivity index (χ1n) is 6.15. The number of anilines is 1. The molecule has 0 saturated heterocycles. The lowest BCUT2D eigenvalue weighted by Gasteiger charge is -2.13. The minimum atomic E-state index is -3.56. The minimum absolute atomic E-state index is 0.272. The van der Waals surface area contributed by atoms with Crippen molar-refractivity contribution >= 4 is 26.5 Å². The van der Waals surface area contributed by atoms with Gasteiger partial charge in [0.05, 0.1) is 4.90 Å². The largest absolute Gasteiger partial charge is 0.324 e. The Labute approximate surface area is 122 Å². The van der Waals surface area contributed by atoms with Crippen LogP contribution >= 0.6 is 0 Å². The van der Waals surface area contributed by atoms with E-state index < -0.39 is 20.8 Å². The summed E-state index contributed by atoms with van der Waals surface area (Å²) in [5, 5.41) is 0. The molecule has 4 N–H and O–H groups in total. The Hall–Kier alpha value is -0.960. The van der Waals surface area contributed by atoms with E-state index in [1.807, 2.05) is 0 Å². The summed E-state index contributed by atoms with van der Waals surface area (Å²) in [6.07, 6.45) is 2.14. The van der Waals surface area contributed by atoms with E-state index in [1.54, 1.807) is 32.2 Å². The standard InChI is InChI=1S/C12H21N3O3S2/c1-9-7-11(15-13)8-10(2)12(9)20(17,18)14-5-4-6-19(3)16/h7-8,14-15H,4-6,13H2,1-3H3. The summed E-state index contributed by atoms with van der Waals surface area (Å²) in [7, 11) is -4.47. The number of hydrogen-bond donors (Lipinski definition) is 3. The zero-order chi connectivity index (χ0) is 15.3. The Morgan fingerprint density at radius 3 is 2.25 bits per heavy atom. The van der Waals surface area contributed by atoms with Crippen LogP contribution in [0.1, 0.15) is 17.5 Å². The van der Waals surface area contributed by atoms with Gasteiger partial charge in [0.2, 0.25) is 10.0 Å². The number of aryl methyl sites for hydroxylation is 2. The highest BCUT2D eigenvalue weighted by atomic mass is 32.2. The quantitative estimate of drug-likeness (QED) is 0.389. The van der Waals surface area contributed by atoms with Crippen molar-refractivity contribution < 1.29 is 12.6 Å². The second kappa shape index (κ2) is 7.16. The molecule has 0 heterocycles. The molecule has 0 aliphatic rings. The van der Waals surface area contributed by atoms with Crippen LogP contribution in [0.25, 0.3) is 0 Å². The number of sulfonamides is 1. The smallest absolute Gasteiger partial charge is 0.241 e. The van der Waals surface area contributed by atoms with Gasteiger partial charge in [0, 0.05) is 35.0 Å². The van der Waals surface area contributed by atoms with Crippen LogP contribution in [0.3, 0.4) is 0 Å². The van der Waals surface area contributed by atoms with Crippen molar-refractivity contribution in [2.75, 3.05) is 24.0 Å². The highest BCUT2D eigenvalue weighted by Gasteiger charge is 2.19. The fourth-order valence-corrected chi connectivity index (χ4v) is 4.09. The lowest BCUT2D eigenvalue weighted by molar-refractivity contribution is 0.579. The van der Waals surface area contributed by atoms with E-state index in [2.05, 4.69) is 10.1 Å². The van der Waals surface area contributed by atoms with Gasteiger partial charge in [0.25, 0.3) is 0 Å². The van der Waals surface area contributed by atoms with Gasteiger partial charge in [-0.05, 0) is 43.5 Å². The van der Waals surface area contributed by atoms with E-state index in [0.29, 0.717) is 29.0 Å². The molecule has 8 heteroatoms. The third-order valence-corrected chi connectivity index (χ3v) is 5.43. The number of nitrogen functional groups attached to an aromatic ring is 1. The Kier molecular flexibility index (Phi) is 6.12. The van der Waals surface area contributed by atoms with E-state index in [1.165, 1.54) is 0 Å². The fourth-order valence-electron chi connectivity index (χ4n) is 2.01. The van der Waals surface area contributed by atoms with Crippen molar-refractivity contribution in [1.82, 2.24) is 4.72 Å². The minimum Gasteiger partial charge on any atom is -0.324 e. The molecule has 0 amide bonds. The number of benzene rings is 1. The molecule has 0 aliphatic carbocycles. The lowest BCUT2D eigenvalue weighted by Crippen LogP contribution is -2.27. The summed E-state index contributed by atoms with van der Waals surface area (Å²) in [5.74, 6) is 5.81. The van der Waals surface area contributed by atoms with Crippen LogP contribution in [0.15, 0.2) is 17.0 Å². The van der Waals surface area contributed by atoms with Gasteiger partial charge in [-0.1, -0.05) is 0 Å². The van der Waals surface area contributed by atoms with E-state index >= 15 is 0 Å². The van der Waals surface area contributed by atoms with Gasteiger partial charge in [0.15, 0.2) is 0 Å². The second-order valence-electron chi connectivity index (χ2n) is 4.61. The first-order chi connectivity index (χ1) is 9.27. The number of nitrogens with one attached hydrogen (secondary N) is 2. The van der Waals surface area contributed by atoms with Gasteiger partial charge < -0.3 is 5.43 Å². The maximum Gasteiger partial charge on any atom is 0.241 e. The zero-order valence-electron chi connectivity index (χ0n) is 11.9. The van der Waals surface area contributed by atoms with Gasteiger partial charge in [-0.2, -0.15) is 0 Å². The van der Waals surface area contributed by atoms with Crippen LogP contribution in [0.5, 0.6) is 0 Å². The van der Waals surface area contributed by atoms with Gasteiger partial charge in [-0.15, -0.1) is 0 Å². The van der Waals surface area contributed by atoms with Crippen LogP contribution in [0.4, 0.5) is 5.69 Å². The van der Waals surface area contributed by atoms with Crippen LogP contribution in [-0.2, 0) is 20.8 Å². The van der Waals surface area contributed by atoms with E-state index in [0.717, 1.165) is 0 Å². The third kappa shape index (κ3) is 4.55. The normalized spacial score (nSPS) is 13.2. The summed E-state index contributed by atoms with van der Waals surface area (Å²) in [4.78, 5) is 0.272.